The van der Waals surface area contributed by atoms with Gasteiger partial charge in [-0.15, -0.1) is 0 Å². The van der Waals surface area contributed by atoms with Gasteiger partial charge in [-0.05, 0) is 25.0 Å². The number of benzene rings is 1. The topological polar surface area (TPSA) is 38.8 Å². The first-order valence-corrected chi connectivity index (χ1v) is 5.82. The lowest BCUT2D eigenvalue weighted by Crippen LogP contribution is -2.36. The fraction of sp³-hybridized carbons (Fsp3) is 0.462. The molecule has 1 aromatic carbocycles. The summed E-state index contributed by atoms with van der Waals surface area (Å²) >= 11 is 0. The van der Waals surface area contributed by atoms with E-state index in [1.807, 2.05) is 19.1 Å². The average Bonchev–Trinajstić information content (AvgIpc) is 2.37. The minimum absolute atomic E-state index is 0.246. The van der Waals surface area contributed by atoms with Crippen molar-refractivity contribution in [3.8, 4) is 5.75 Å². The molecule has 0 saturated heterocycles. The van der Waals surface area contributed by atoms with Gasteiger partial charge in [0, 0.05) is 12.1 Å². The minimum atomic E-state index is -0.246. The highest BCUT2D eigenvalue weighted by atomic mass is 16.6. The van der Waals surface area contributed by atoms with Crippen molar-refractivity contribution in [1.82, 2.24) is 4.90 Å². The van der Waals surface area contributed by atoms with Crippen LogP contribution in [0.5, 0.6) is 5.75 Å². The summed E-state index contributed by atoms with van der Waals surface area (Å²) in [7, 11) is 1.65. The quantitative estimate of drug-likeness (QED) is 0.789. The van der Waals surface area contributed by atoms with E-state index in [2.05, 4.69) is 6.07 Å². The minimum Gasteiger partial charge on any atom is -0.496 e. The van der Waals surface area contributed by atoms with Gasteiger partial charge in [0.15, 0.2) is 0 Å². The molecule has 0 aliphatic carbocycles. The highest BCUT2D eigenvalue weighted by Gasteiger charge is 2.23. The van der Waals surface area contributed by atoms with Crippen LogP contribution in [-0.4, -0.2) is 31.3 Å². The van der Waals surface area contributed by atoms with Gasteiger partial charge >= 0.3 is 6.09 Å². The smallest absolute Gasteiger partial charge is 0.410 e. The molecular weight excluding hydrogens is 218 g/mol. The summed E-state index contributed by atoms with van der Waals surface area (Å²) in [6.07, 6.45) is 0.606. The molecule has 0 fully saturated rings. The monoisotopic (exact) mass is 235 g/mol. The molecule has 0 N–H and O–H groups in total. The zero-order valence-corrected chi connectivity index (χ0v) is 10.2. The normalized spacial score (nSPS) is 14.1. The van der Waals surface area contributed by atoms with Crippen LogP contribution >= 0.6 is 0 Å². The fourth-order valence-electron chi connectivity index (χ4n) is 2.11. The summed E-state index contributed by atoms with van der Waals surface area (Å²) in [6.45, 7) is 3.50. The summed E-state index contributed by atoms with van der Waals surface area (Å²) in [6, 6.07) is 5.99. The number of methoxy groups -OCH3 is 1. The van der Waals surface area contributed by atoms with E-state index in [0.717, 1.165) is 17.7 Å². The van der Waals surface area contributed by atoms with Gasteiger partial charge in [0.1, 0.15) is 5.75 Å². The van der Waals surface area contributed by atoms with Gasteiger partial charge in [-0.3, -0.25) is 0 Å². The summed E-state index contributed by atoms with van der Waals surface area (Å²) in [5.74, 6) is 0.844. The highest BCUT2D eigenvalue weighted by Crippen LogP contribution is 2.28. The van der Waals surface area contributed by atoms with Gasteiger partial charge in [-0.25, -0.2) is 4.79 Å². The molecule has 0 radical (unpaired) electrons. The van der Waals surface area contributed by atoms with Crippen molar-refractivity contribution in [1.29, 1.82) is 0 Å². The van der Waals surface area contributed by atoms with Gasteiger partial charge in [-0.2, -0.15) is 0 Å². The largest absolute Gasteiger partial charge is 0.496 e. The van der Waals surface area contributed by atoms with Crippen molar-refractivity contribution in [3.05, 3.63) is 29.3 Å². The van der Waals surface area contributed by atoms with Crippen molar-refractivity contribution >= 4 is 6.09 Å². The number of nitrogens with zero attached hydrogens (tertiary/aromatic N) is 1. The second-order valence-electron chi connectivity index (χ2n) is 3.97. The number of carbonyl (C=O) groups excluding carboxylic acids is 1. The second-order valence-corrected chi connectivity index (χ2v) is 3.97. The zero-order chi connectivity index (χ0) is 12.3. The number of fused-ring (bicyclic) bond motifs is 1. The molecule has 0 saturated carbocycles. The highest BCUT2D eigenvalue weighted by molar-refractivity contribution is 5.68. The van der Waals surface area contributed by atoms with Crippen LogP contribution in [0.2, 0.25) is 0 Å². The van der Waals surface area contributed by atoms with Crippen LogP contribution < -0.4 is 4.74 Å². The van der Waals surface area contributed by atoms with Crippen molar-refractivity contribution < 1.29 is 14.3 Å². The third-order valence-electron chi connectivity index (χ3n) is 2.98. The predicted molar refractivity (Wildman–Crippen MR) is 64.1 cm³/mol. The van der Waals surface area contributed by atoms with Crippen LogP contribution in [0, 0.1) is 0 Å². The lowest BCUT2D eigenvalue weighted by molar-refractivity contribution is 0.102. The van der Waals surface area contributed by atoms with Gasteiger partial charge in [-0.1, -0.05) is 12.1 Å². The molecule has 0 aromatic heterocycles. The van der Waals surface area contributed by atoms with Crippen LogP contribution in [0.1, 0.15) is 18.1 Å². The molecule has 1 heterocycles. The van der Waals surface area contributed by atoms with Crippen LogP contribution in [0.25, 0.3) is 0 Å². The molecule has 0 unspecified atom stereocenters. The Morgan fingerprint density at radius 3 is 3.00 bits per heavy atom. The zero-order valence-electron chi connectivity index (χ0n) is 10.2. The molecule has 0 bridgehead atoms. The predicted octanol–water partition coefficient (Wildman–Crippen LogP) is 2.21. The van der Waals surface area contributed by atoms with E-state index < -0.39 is 0 Å². The number of ether oxygens (including phenoxy) is 2. The lowest BCUT2D eigenvalue weighted by atomic mass is 9.99. The molecule has 4 heteroatoms. The Balaban J connectivity index is 2.19. The van der Waals surface area contributed by atoms with Crippen molar-refractivity contribution in [2.45, 2.75) is 19.9 Å². The molecule has 0 spiro atoms. The number of rotatable bonds is 2. The SMILES string of the molecule is CCOC(=O)N1CCc2cccc(OC)c2C1. The fourth-order valence-corrected chi connectivity index (χ4v) is 2.11. The second kappa shape index (κ2) is 5.08. The Morgan fingerprint density at radius 2 is 2.29 bits per heavy atom. The summed E-state index contributed by atoms with van der Waals surface area (Å²) in [5, 5.41) is 0. The Hall–Kier alpha value is -1.71. The van der Waals surface area contributed by atoms with Gasteiger partial charge in [0.05, 0.1) is 20.3 Å². The average molecular weight is 235 g/mol. The first kappa shape index (κ1) is 11.8. The number of carbonyl (C=O) groups is 1. The molecule has 4 nitrogen and oxygen atoms in total. The van der Waals surface area contributed by atoms with Crippen LogP contribution in [-0.2, 0) is 17.7 Å². The Bertz CT molecular complexity index is 403. The molecule has 1 aliphatic heterocycles. The Morgan fingerprint density at radius 1 is 1.47 bits per heavy atom. The molecule has 1 aromatic rings. The molecule has 2 rings (SSSR count). The van der Waals surface area contributed by atoms with Gasteiger partial charge in [0.25, 0.3) is 0 Å². The van der Waals surface area contributed by atoms with Crippen molar-refractivity contribution in [3.63, 3.8) is 0 Å². The molecule has 0 atom stereocenters. The molecular formula is C13H17NO3. The third kappa shape index (κ3) is 2.35. The molecule has 92 valence electrons. The van der Waals surface area contributed by atoms with Crippen LogP contribution in [0.3, 0.4) is 0 Å². The van der Waals surface area contributed by atoms with Gasteiger partial charge in [0.2, 0.25) is 0 Å². The molecule has 17 heavy (non-hydrogen) atoms. The van der Waals surface area contributed by atoms with E-state index in [9.17, 15) is 4.79 Å². The summed E-state index contributed by atoms with van der Waals surface area (Å²) in [5.41, 5.74) is 2.35. The standard InChI is InChI=1S/C13H17NO3/c1-3-17-13(15)14-8-7-10-5-4-6-12(16-2)11(10)9-14/h4-6H,3,7-9H2,1-2H3. The summed E-state index contributed by atoms with van der Waals surface area (Å²) in [4.78, 5) is 13.4. The molecule has 1 aliphatic rings. The number of amides is 1. The summed E-state index contributed by atoms with van der Waals surface area (Å²) < 4.78 is 10.3. The maximum Gasteiger partial charge on any atom is 0.410 e. The number of hydrogen-bond acceptors (Lipinski definition) is 3. The van der Waals surface area contributed by atoms with Crippen molar-refractivity contribution in [2.75, 3.05) is 20.3 Å². The van der Waals surface area contributed by atoms with Crippen LogP contribution in [0.4, 0.5) is 4.79 Å². The lowest BCUT2D eigenvalue weighted by Gasteiger charge is -2.29. The van der Waals surface area contributed by atoms with Crippen molar-refractivity contribution in [2.24, 2.45) is 0 Å². The van der Waals surface area contributed by atoms with E-state index >= 15 is 0 Å². The van der Waals surface area contributed by atoms with E-state index in [-0.39, 0.29) is 6.09 Å². The first-order chi connectivity index (χ1) is 8.26. The Kier molecular flexibility index (Phi) is 3.52. The Labute approximate surface area is 101 Å². The van der Waals surface area contributed by atoms with E-state index in [1.165, 1.54) is 5.56 Å². The van der Waals surface area contributed by atoms with Gasteiger partial charge < -0.3 is 14.4 Å². The first-order valence-electron chi connectivity index (χ1n) is 5.82. The number of hydrogen-bond donors (Lipinski definition) is 0. The molecule has 1 amide bonds. The van der Waals surface area contributed by atoms with Crippen LogP contribution in [0.15, 0.2) is 18.2 Å². The maximum absolute atomic E-state index is 11.7. The van der Waals surface area contributed by atoms with E-state index in [4.69, 9.17) is 9.47 Å². The third-order valence-corrected chi connectivity index (χ3v) is 2.98. The van der Waals surface area contributed by atoms with E-state index in [1.54, 1.807) is 12.0 Å². The van der Waals surface area contributed by atoms with E-state index in [0.29, 0.717) is 19.7 Å². The maximum atomic E-state index is 11.7.